The van der Waals surface area contributed by atoms with E-state index in [1.54, 1.807) is 0 Å². The molecule has 0 atom stereocenters. The zero-order chi connectivity index (χ0) is 12.5. The molecule has 0 aromatic rings. The van der Waals surface area contributed by atoms with Gasteiger partial charge in [0.25, 0.3) is 0 Å². The lowest BCUT2D eigenvalue weighted by atomic mass is 10.2. The van der Waals surface area contributed by atoms with Gasteiger partial charge < -0.3 is 9.64 Å². The van der Waals surface area contributed by atoms with E-state index >= 15 is 0 Å². The van der Waals surface area contributed by atoms with Crippen molar-refractivity contribution < 1.29 is 9.53 Å². The minimum Gasteiger partial charge on any atom is -0.465 e. The third-order valence-electron chi connectivity index (χ3n) is 3.21. The van der Waals surface area contributed by atoms with Crippen LogP contribution in [0.5, 0.6) is 0 Å². The molecule has 1 aliphatic heterocycles. The number of piperazine rings is 1. The molecule has 0 amide bonds. The number of unbranched alkanes of at least 4 members (excludes halogenated alkanes) is 3. The van der Waals surface area contributed by atoms with Crippen LogP contribution >= 0.6 is 0 Å². The molecule has 0 aromatic heterocycles. The molecule has 0 saturated carbocycles. The average Bonchev–Trinajstić information content (AvgIpc) is 2.32. The van der Waals surface area contributed by atoms with Crippen molar-refractivity contribution in [1.29, 1.82) is 0 Å². The summed E-state index contributed by atoms with van der Waals surface area (Å²) in [6.07, 6.45) is 4.62. The summed E-state index contributed by atoms with van der Waals surface area (Å²) >= 11 is 0. The maximum Gasteiger partial charge on any atom is 0.320 e. The van der Waals surface area contributed by atoms with Gasteiger partial charge in [0.1, 0.15) is 0 Å². The van der Waals surface area contributed by atoms with Crippen molar-refractivity contribution in [3.63, 3.8) is 0 Å². The summed E-state index contributed by atoms with van der Waals surface area (Å²) in [5.74, 6) is -0.0638. The topological polar surface area (TPSA) is 32.8 Å². The van der Waals surface area contributed by atoms with Gasteiger partial charge >= 0.3 is 5.97 Å². The first-order valence-corrected chi connectivity index (χ1v) is 6.79. The Morgan fingerprint density at radius 3 is 2.47 bits per heavy atom. The van der Waals surface area contributed by atoms with Crippen molar-refractivity contribution in [3.05, 3.63) is 0 Å². The second-order valence-corrected chi connectivity index (χ2v) is 4.86. The fourth-order valence-corrected chi connectivity index (χ4v) is 1.95. The molecule has 0 N–H and O–H groups in total. The molecule has 100 valence electrons. The molecule has 0 unspecified atom stereocenters. The first-order chi connectivity index (χ1) is 8.22. The molecule has 1 aliphatic rings. The highest BCUT2D eigenvalue weighted by Crippen LogP contribution is 2.01. The minimum atomic E-state index is -0.0638. The second-order valence-electron chi connectivity index (χ2n) is 4.86. The molecule has 1 heterocycles. The van der Waals surface area contributed by atoms with E-state index < -0.39 is 0 Å². The van der Waals surface area contributed by atoms with Crippen molar-refractivity contribution >= 4 is 5.97 Å². The molecule has 0 aliphatic carbocycles. The van der Waals surface area contributed by atoms with Gasteiger partial charge in [-0.1, -0.05) is 26.2 Å². The number of esters is 1. The van der Waals surface area contributed by atoms with Gasteiger partial charge in [-0.15, -0.1) is 0 Å². The van der Waals surface area contributed by atoms with E-state index in [0.717, 1.165) is 39.0 Å². The molecule has 4 nitrogen and oxygen atoms in total. The smallest absolute Gasteiger partial charge is 0.320 e. The zero-order valence-corrected chi connectivity index (χ0v) is 11.3. The molecule has 1 fully saturated rings. The first kappa shape index (κ1) is 14.5. The van der Waals surface area contributed by atoms with Gasteiger partial charge in [0.05, 0.1) is 13.2 Å². The molecular weight excluding hydrogens is 216 g/mol. The monoisotopic (exact) mass is 242 g/mol. The van der Waals surface area contributed by atoms with Crippen LogP contribution in [0.25, 0.3) is 0 Å². The lowest BCUT2D eigenvalue weighted by molar-refractivity contribution is -0.145. The summed E-state index contributed by atoms with van der Waals surface area (Å²) < 4.78 is 5.22. The number of carbonyl (C=O) groups is 1. The number of nitrogens with zero attached hydrogens (tertiary/aromatic N) is 2. The zero-order valence-electron chi connectivity index (χ0n) is 11.3. The summed E-state index contributed by atoms with van der Waals surface area (Å²) in [5.41, 5.74) is 0. The molecule has 0 bridgehead atoms. The molecule has 1 saturated heterocycles. The second kappa shape index (κ2) is 8.48. The highest BCUT2D eigenvalue weighted by molar-refractivity contribution is 5.71. The van der Waals surface area contributed by atoms with Crippen LogP contribution < -0.4 is 0 Å². The van der Waals surface area contributed by atoms with Crippen molar-refractivity contribution in [2.45, 2.75) is 32.6 Å². The van der Waals surface area contributed by atoms with E-state index in [9.17, 15) is 4.79 Å². The minimum absolute atomic E-state index is 0.0638. The van der Waals surface area contributed by atoms with Crippen LogP contribution in [0.15, 0.2) is 0 Å². The standard InChI is InChI=1S/C13H26N2O2/c1-3-4-5-6-11-17-13(16)12-15-9-7-14(2)8-10-15/h3-12H2,1-2H3. The summed E-state index contributed by atoms with van der Waals surface area (Å²) in [5, 5.41) is 0. The van der Waals surface area contributed by atoms with Gasteiger partial charge in [-0.2, -0.15) is 0 Å². The quantitative estimate of drug-likeness (QED) is 0.498. The van der Waals surface area contributed by atoms with Crippen LogP contribution in [-0.4, -0.2) is 62.1 Å². The van der Waals surface area contributed by atoms with Crippen LogP contribution in [-0.2, 0) is 9.53 Å². The van der Waals surface area contributed by atoms with Crippen LogP contribution in [0.4, 0.5) is 0 Å². The normalized spacial score (nSPS) is 18.2. The first-order valence-electron chi connectivity index (χ1n) is 6.79. The number of hydrogen-bond acceptors (Lipinski definition) is 4. The largest absolute Gasteiger partial charge is 0.465 e. The Kier molecular flexibility index (Phi) is 7.21. The van der Waals surface area contributed by atoms with E-state index in [1.807, 2.05) is 0 Å². The van der Waals surface area contributed by atoms with Gasteiger partial charge in [0.2, 0.25) is 0 Å². The molecule has 0 spiro atoms. The Hall–Kier alpha value is -0.610. The molecule has 1 rings (SSSR count). The van der Waals surface area contributed by atoms with E-state index in [-0.39, 0.29) is 5.97 Å². The van der Waals surface area contributed by atoms with Gasteiger partial charge in [-0.25, -0.2) is 0 Å². The van der Waals surface area contributed by atoms with E-state index in [2.05, 4.69) is 23.8 Å². The van der Waals surface area contributed by atoms with E-state index in [1.165, 1.54) is 12.8 Å². The van der Waals surface area contributed by atoms with Crippen molar-refractivity contribution in [2.24, 2.45) is 0 Å². The highest BCUT2D eigenvalue weighted by atomic mass is 16.5. The highest BCUT2D eigenvalue weighted by Gasteiger charge is 2.16. The SMILES string of the molecule is CCCCCCOC(=O)CN1CCN(C)CC1. The van der Waals surface area contributed by atoms with Gasteiger partial charge in [0, 0.05) is 26.2 Å². The maximum absolute atomic E-state index is 11.5. The summed E-state index contributed by atoms with van der Waals surface area (Å²) in [4.78, 5) is 16.0. The van der Waals surface area contributed by atoms with Crippen molar-refractivity contribution in [3.8, 4) is 0 Å². The number of ether oxygens (including phenoxy) is 1. The Morgan fingerprint density at radius 2 is 1.82 bits per heavy atom. The average molecular weight is 242 g/mol. The predicted molar refractivity (Wildman–Crippen MR) is 69.0 cm³/mol. The predicted octanol–water partition coefficient (Wildman–Crippen LogP) is 1.36. The molecule has 4 heteroatoms. The Balaban J connectivity index is 2.00. The van der Waals surface area contributed by atoms with Crippen LogP contribution in [0.1, 0.15) is 32.6 Å². The Labute approximate surface area is 105 Å². The fourth-order valence-electron chi connectivity index (χ4n) is 1.95. The summed E-state index contributed by atoms with van der Waals surface area (Å²) in [6.45, 7) is 7.27. The number of hydrogen-bond donors (Lipinski definition) is 0. The molecule has 17 heavy (non-hydrogen) atoms. The third-order valence-corrected chi connectivity index (χ3v) is 3.21. The number of carbonyl (C=O) groups excluding carboxylic acids is 1. The van der Waals surface area contributed by atoms with E-state index in [4.69, 9.17) is 4.74 Å². The van der Waals surface area contributed by atoms with Gasteiger partial charge in [0.15, 0.2) is 0 Å². The number of likely N-dealkylation sites (N-methyl/N-ethyl adjacent to an activating group) is 1. The molecule has 0 aromatic carbocycles. The van der Waals surface area contributed by atoms with Crippen LogP contribution in [0, 0.1) is 0 Å². The lowest BCUT2D eigenvalue weighted by Gasteiger charge is -2.31. The Morgan fingerprint density at radius 1 is 1.12 bits per heavy atom. The third kappa shape index (κ3) is 6.64. The number of rotatable bonds is 7. The summed E-state index contributed by atoms with van der Waals surface area (Å²) in [6, 6.07) is 0. The van der Waals surface area contributed by atoms with Crippen molar-refractivity contribution in [1.82, 2.24) is 9.80 Å². The summed E-state index contributed by atoms with van der Waals surface area (Å²) in [7, 11) is 2.11. The lowest BCUT2D eigenvalue weighted by Crippen LogP contribution is -2.46. The maximum atomic E-state index is 11.5. The van der Waals surface area contributed by atoms with Gasteiger partial charge in [-0.3, -0.25) is 9.69 Å². The van der Waals surface area contributed by atoms with Crippen molar-refractivity contribution in [2.75, 3.05) is 46.4 Å². The van der Waals surface area contributed by atoms with Crippen LogP contribution in [0.3, 0.4) is 0 Å². The Bertz CT molecular complexity index is 213. The molecule has 0 radical (unpaired) electrons. The molecular formula is C13H26N2O2. The van der Waals surface area contributed by atoms with Crippen LogP contribution in [0.2, 0.25) is 0 Å². The van der Waals surface area contributed by atoms with Gasteiger partial charge in [-0.05, 0) is 13.5 Å². The van der Waals surface area contributed by atoms with E-state index in [0.29, 0.717) is 13.2 Å². The fraction of sp³-hybridized carbons (Fsp3) is 0.923.